The number of amides is 2. The highest BCUT2D eigenvalue weighted by Gasteiger charge is 2.26. The van der Waals surface area contributed by atoms with Crippen molar-refractivity contribution in [1.29, 1.82) is 0 Å². The molecule has 1 aliphatic heterocycles. The molecule has 0 radical (unpaired) electrons. The Hall–Kier alpha value is -4.25. The molecule has 2 amide bonds. The SMILES string of the molecule is CCN(CC)CCN(CC(=O)N1CCN(c2ccc(-c3ccc(OC)c(OC)c3)nn2)CC1)C(=O)c1cccc(F)c1. The predicted octanol–water partition coefficient (Wildman–Crippen LogP) is 3.43. The van der Waals surface area contributed by atoms with Crippen molar-refractivity contribution in [3.05, 3.63) is 66.0 Å². The molecule has 2 heterocycles. The molecule has 42 heavy (non-hydrogen) atoms. The molecule has 0 atom stereocenters. The number of piperazine rings is 1. The summed E-state index contributed by atoms with van der Waals surface area (Å²) in [5.41, 5.74) is 1.81. The van der Waals surface area contributed by atoms with E-state index >= 15 is 0 Å². The van der Waals surface area contributed by atoms with Crippen molar-refractivity contribution in [3.8, 4) is 22.8 Å². The van der Waals surface area contributed by atoms with Crippen molar-refractivity contribution in [2.45, 2.75) is 13.8 Å². The average Bonchev–Trinajstić information content (AvgIpc) is 3.04. The molecule has 4 rings (SSSR count). The molecule has 10 nitrogen and oxygen atoms in total. The maximum Gasteiger partial charge on any atom is 0.254 e. The first-order valence-corrected chi connectivity index (χ1v) is 14.2. The van der Waals surface area contributed by atoms with Crippen LogP contribution in [-0.2, 0) is 4.79 Å². The molecule has 2 aromatic carbocycles. The zero-order valence-corrected chi connectivity index (χ0v) is 24.8. The quantitative estimate of drug-likeness (QED) is 0.323. The van der Waals surface area contributed by atoms with E-state index in [1.807, 2.05) is 30.3 Å². The monoisotopic (exact) mass is 578 g/mol. The van der Waals surface area contributed by atoms with Crippen molar-refractivity contribution >= 4 is 17.6 Å². The van der Waals surface area contributed by atoms with E-state index < -0.39 is 5.82 Å². The molecule has 1 aliphatic rings. The van der Waals surface area contributed by atoms with E-state index in [0.29, 0.717) is 56.5 Å². The number of benzene rings is 2. The van der Waals surface area contributed by atoms with Crippen LogP contribution in [0.3, 0.4) is 0 Å². The highest BCUT2D eigenvalue weighted by molar-refractivity contribution is 5.96. The van der Waals surface area contributed by atoms with Gasteiger partial charge in [0.05, 0.1) is 19.9 Å². The lowest BCUT2D eigenvalue weighted by Gasteiger charge is -2.36. The predicted molar refractivity (Wildman–Crippen MR) is 159 cm³/mol. The standard InChI is InChI=1S/C31H39FN6O4/c1-5-35(6-2)14-15-38(31(40)24-8-7-9-25(32)20-24)22-30(39)37-18-16-36(17-19-37)29-13-11-26(33-34-29)23-10-12-27(41-3)28(21-23)42-4/h7-13,20-21H,5-6,14-19,22H2,1-4H3. The van der Waals surface area contributed by atoms with Crippen LogP contribution in [0.2, 0.25) is 0 Å². The van der Waals surface area contributed by atoms with Crippen LogP contribution in [-0.4, -0.2) is 110 Å². The Labute approximate surface area is 246 Å². The second-order valence-electron chi connectivity index (χ2n) is 9.98. The van der Waals surface area contributed by atoms with Crippen LogP contribution >= 0.6 is 0 Å². The van der Waals surface area contributed by atoms with Crippen LogP contribution in [0.5, 0.6) is 11.5 Å². The zero-order valence-electron chi connectivity index (χ0n) is 24.8. The van der Waals surface area contributed by atoms with Crippen LogP contribution < -0.4 is 14.4 Å². The Morgan fingerprint density at radius 2 is 1.62 bits per heavy atom. The molecule has 3 aromatic rings. The summed E-state index contributed by atoms with van der Waals surface area (Å²) in [4.78, 5) is 34.2. The average molecular weight is 579 g/mol. The van der Waals surface area contributed by atoms with Crippen molar-refractivity contribution in [1.82, 2.24) is 24.9 Å². The smallest absolute Gasteiger partial charge is 0.254 e. The highest BCUT2D eigenvalue weighted by Crippen LogP contribution is 2.31. The van der Waals surface area contributed by atoms with Gasteiger partial charge in [-0.15, -0.1) is 10.2 Å². The number of halogens is 1. The first-order valence-electron chi connectivity index (χ1n) is 14.2. The van der Waals surface area contributed by atoms with E-state index in [2.05, 4.69) is 33.8 Å². The van der Waals surface area contributed by atoms with E-state index in [-0.39, 0.29) is 23.9 Å². The molecule has 224 valence electrons. The van der Waals surface area contributed by atoms with Gasteiger partial charge >= 0.3 is 0 Å². The van der Waals surface area contributed by atoms with Crippen molar-refractivity contribution in [2.24, 2.45) is 0 Å². The van der Waals surface area contributed by atoms with Crippen LogP contribution in [0, 0.1) is 5.82 Å². The van der Waals surface area contributed by atoms with E-state index in [0.717, 1.165) is 24.5 Å². The van der Waals surface area contributed by atoms with Gasteiger partial charge in [-0.25, -0.2) is 4.39 Å². The number of nitrogens with zero attached hydrogens (tertiary/aromatic N) is 6. The molecule has 0 saturated carbocycles. The topological polar surface area (TPSA) is 91.3 Å². The van der Waals surface area contributed by atoms with E-state index in [4.69, 9.17) is 9.47 Å². The second kappa shape index (κ2) is 14.6. The minimum atomic E-state index is -0.480. The molecular formula is C31H39FN6O4. The second-order valence-corrected chi connectivity index (χ2v) is 9.98. The van der Waals surface area contributed by atoms with Gasteiger partial charge in [-0.1, -0.05) is 19.9 Å². The van der Waals surface area contributed by atoms with Gasteiger partial charge < -0.3 is 29.1 Å². The number of ether oxygens (including phenoxy) is 2. The van der Waals surface area contributed by atoms with Crippen LogP contribution in [0.4, 0.5) is 10.2 Å². The summed E-state index contributed by atoms with van der Waals surface area (Å²) in [6.07, 6.45) is 0. The van der Waals surface area contributed by atoms with Gasteiger partial charge in [-0.3, -0.25) is 9.59 Å². The molecule has 0 spiro atoms. The Morgan fingerprint density at radius 3 is 2.24 bits per heavy atom. The summed E-state index contributed by atoms with van der Waals surface area (Å²) in [5.74, 6) is 1.03. The lowest BCUT2D eigenvalue weighted by atomic mass is 10.1. The number of aromatic nitrogens is 2. The van der Waals surface area contributed by atoms with Gasteiger partial charge in [0.2, 0.25) is 5.91 Å². The molecule has 0 unspecified atom stereocenters. The molecule has 0 N–H and O–H groups in total. The number of carbonyl (C=O) groups excluding carboxylic acids is 2. The molecule has 0 aliphatic carbocycles. The summed E-state index contributed by atoms with van der Waals surface area (Å²) in [6.45, 7) is 8.92. The fourth-order valence-electron chi connectivity index (χ4n) is 4.95. The highest BCUT2D eigenvalue weighted by atomic mass is 19.1. The Bertz CT molecular complexity index is 1340. The van der Waals surface area contributed by atoms with E-state index in [9.17, 15) is 14.0 Å². The molecule has 11 heteroatoms. The number of carbonyl (C=O) groups is 2. The summed E-state index contributed by atoms with van der Waals surface area (Å²) in [6, 6.07) is 15.0. The Kier molecular flexibility index (Phi) is 10.7. The third-order valence-corrected chi connectivity index (χ3v) is 7.55. The van der Waals surface area contributed by atoms with E-state index in [1.165, 1.54) is 23.1 Å². The largest absolute Gasteiger partial charge is 0.493 e. The first kappa shape index (κ1) is 30.7. The Morgan fingerprint density at radius 1 is 0.881 bits per heavy atom. The zero-order chi connectivity index (χ0) is 30.1. The molecule has 1 saturated heterocycles. The summed E-state index contributed by atoms with van der Waals surface area (Å²) >= 11 is 0. The maximum atomic E-state index is 13.8. The van der Waals surface area contributed by atoms with Crippen molar-refractivity contribution < 1.29 is 23.5 Å². The minimum absolute atomic E-state index is 0.0591. The van der Waals surface area contributed by atoms with Crippen LogP contribution in [0.25, 0.3) is 11.3 Å². The fourth-order valence-corrected chi connectivity index (χ4v) is 4.95. The number of methoxy groups -OCH3 is 2. The molecule has 1 fully saturated rings. The maximum absolute atomic E-state index is 13.8. The van der Waals surface area contributed by atoms with Gasteiger partial charge in [0.1, 0.15) is 12.4 Å². The van der Waals surface area contributed by atoms with Gasteiger partial charge in [-0.2, -0.15) is 0 Å². The fraction of sp³-hybridized carbons (Fsp3) is 0.419. The third kappa shape index (κ3) is 7.52. The number of hydrogen-bond donors (Lipinski definition) is 0. The third-order valence-electron chi connectivity index (χ3n) is 7.55. The van der Waals surface area contributed by atoms with Gasteiger partial charge in [0.25, 0.3) is 5.91 Å². The van der Waals surface area contributed by atoms with Gasteiger partial charge in [0, 0.05) is 50.4 Å². The summed E-state index contributed by atoms with van der Waals surface area (Å²) in [5, 5.41) is 8.84. The number of hydrogen-bond acceptors (Lipinski definition) is 8. The van der Waals surface area contributed by atoms with Crippen LogP contribution in [0.15, 0.2) is 54.6 Å². The number of likely N-dealkylation sites (N-methyl/N-ethyl adjacent to an activating group) is 1. The van der Waals surface area contributed by atoms with Gasteiger partial charge in [-0.05, 0) is 61.6 Å². The summed E-state index contributed by atoms with van der Waals surface area (Å²) < 4.78 is 24.5. The van der Waals surface area contributed by atoms with Crippen molar-refractivity contribution in [2.75, 3.05) is 78.0 Å². The molecule has 0 bridgehead atoms. The lowest BCUT2D eigenvalue weighted by Crippen LogP contribution is -2.52. The Balaban J connectivity index is 1.37. The normalized spacial score (nSPS) is 13.3. The van der Waals surface area contributed by atoms with Gasteiger partial charge in [0.15, 0.2) is 17.3 Å². The van der Waals surface area contributed by atoms with E-state index in [1.54, 1.807) is 25.2 Å². The first-order chi connectivity index (χ1) is 20.4. The van der Waals surface area contributed by atoms with Crippen LogP contribution in [0.1, 0.15) is 24.2 Å². The summed E-state index contributed by atoms with van der Waals surface area (Å²) in [7, 11) is 3.18. The number of anilines is 1. The minimum Gasteiger partial charge on any atom is -0.493 e. The van der Waals surface area contributed by atoms with Crippen molar-refractivity contribution in [3.63, 3.8) is 0 Å². The number of rotatable bonds is 12. The molecular weight excluding hydrogens is 539 g/mol. The lowest BCUT2D eigenvalue weighted by molar-refractivity contribution is -0.132. The molecule has 1 aromatic heterocycles.